The predicted octanol–water partition coefficient (Wildman–Crippen LogP) is 1.52. The number of fused-ring (bicyclic) bond motifs is 1. The molecule has 1 saturated heterocycles. The highest BCUT2D eigenvalue weighted by Crippen LogP contribution is 2.31. The molecule has 1 heterocycles. The third kappa shape index (κ3) is 2.56. The molecule has 2 amide bonds. The van der Waals surface area contributed by atoms with Gasteiger partial charge in [-0.2, -0.15) is 0 Å². The summed E-state index contributed by atoms with van der Waals surface area (Å²) in [6, 6.07) is 5.44. The van der Waals surface area contributed by atoms with E-state index in [9.17, 15) is 14.4 Å². The topological polar surface area (TPSA) is 75.7 Å². The molecule has 116 valence electrons. The van der Waals surface area contributed by atoms with E-state index in [0.717, 1.165) is 16.8 Å². The smallest absolute Gasteiger partial charge is 0.414 e. The van der Waals surface area contributed by atoms with Gasteiger partial charge in [0.15, 0.2) is 5.78 Å². The Hall–Kier alpha value is -2.37. The van der Waals surface area contributed by atoms with Crippen molar-refractivity contribution in [3.05, 3.63) is 29.3 Å². The predicted molar refractivity (Wildman–Crippen MR) is 79.9 cm³/mol. The fourth-order valence-corrected chi connectivity index (χ4v) is 2.94. The number of ether oxygens (including phenoxy) is 1. The molecule has 1 fully saturated rings. The van der Waals surface area contributed by atoms with Crippen molar-refractivity contribution < 1.29 is 19.1 Å². The van der Waals surface area contributed by atoms with Crippen LogP contribution in [-0.4, -0.2) is 37.0 Å². The summed E-state index contributed by atoms with van der Waals surface area (Å²) in [6.45, 7) is 4.03. The van der Waals surface area contributed by atoms with Crippen molar-refractivity contribution in [3.8, 4) is 0 Å². The fraction of sp³-hybridized carbons (Fsp3) is 0.438. The molecule has 6 heteroatoms. The van der Waals surface area contributed by atoms with Crippen molar-refractivity contribution in [1.82, 2.24) is 5.32 Å². The Bertz CT molecular complexity index is 656. The third-order valence-electron chi connectivity index (χ3n) is 4.09. The quantitative estimate of drug-likeness (QED) is 0.918. The second-order valence-electron chi connectivity index (χ2n) is 5.86. The highest BCUT2D eigenvalue weighted by Gasteiger charge is 2.34. The van der Waals surface area contributed by atoms with Crippen LogP contribution >= 0.6 is 0 Å². The minimum atomic E-state index is -0.423. The zero-order valence-electron chi connectivity index (χ0n) is 12.6. The molecule has 1 aromatic rings. The maximum Gasteiger partial charge on any atom is 0.414 e. The first-order chi connectivity index (χ1) is 10.5. The average molecular weight is 302 g/mol. The van der Waals surface area contributed by atoms with Crippen LogP contribution in [0.25, 0.3) is 0 Å². The van der Waals surface area contributed by atoms with Gasteiger partial charge in [0.25, 0.3) is 0 Å². The lowest BCUT2D eigenvalue weighted by molar-refractivity contribution is -0.119. The fourth-order valence-electron chi connectivity index (χ4n) is 2.94. The van der Waals surface area contributed by atoms with Gasteiger partial charge in [0, 0.05) is 24.1 Å². The highest BCUT2D eigenvalue weighted by molar-refractivity contribution is 6.03. The standard InChI is InChI=1S/C16H18N2O4/c1-9-5-11-6-12(3-4-14(11)15(9)20)18-8-13(22-16(18)21)7-17-10(2)19/h3-4,6,9,13H,5,7-8H2,1-2H3,(H,17,19)/t9-,13-/m0/s1. The summed E-state index contributed by atoms with van der Waals surface area (Å²) in [6.07, 6.45) is -0.0712. The van der Waals surface area contributed by atoms with E-state index < -0.39 is 6.09 Å². The van der Waals surface area contributed by atoms with E-state index in [2.05, 4.69) is 5.32 Å². The van der Waals surface area contributed by atoms with Gasteiger partial charge in [-0.05, 0) is 30.2 Å². The molecule has 22 heavy (non-hydrogen) atoms. The number of anilines is 1. The van der Waals surface area contributed by atoms with E-state index in [1.54, 1.807) is 17.0 Å². The Morgan fingerprint density at radius 2 is 2.18 bits per heavy atom. The first-order valence-electron chi connectivity index (χ1n) is 7.35. The minimum Gasteiger partial charge on any atom is -0.442 e. The number of nitrogens with zero attached hydrogens (tertiary/aromatic N) is 1. The lowest BCUT2D eigenvalue weighted by Gasteiger charge is -2.14. The first kappa shape index (κ1) is 14.6. The number of amides is 2. The van der Waals surface area contributed by atoms with Crippen LogP contribution < -0.4 is 10.2 Å². The van der Waals surface area contributed by atoms with Crippen molar-refractivity contribution in [2.75, 3.05) is 18.0 Å². The SMILES string of the molecule is CC(=O)NC[C@H]1CN(c2ccc3c(c2)C[C@H](C)C3=O)C(=O)O1. The summed E-state index contributed by atoms with van der Waals surface area (Å²) in [5.74, 6) is 0.0110. The van der Waals surface area contributed by atoms with Crippen molar-refractivity contribution in [3.63, 3.8) is 0 Å². The molecule has 1 aliphatic heterocycles. The van der Waals surface area contributed by atoms with Gasteiger partial charge in [0.1, 0.15) is 6.10 Å². The van der Waals surface area contributed by atoms with Crippen LogP contribution in [0.2, 0.25) is 0 Å². The van der Waals surface area contributed by atoms with Gasteiger partial charge in [0.05, 0.1) is 13.1 Å². The molecule has 1 N–H and O–H groups in total. The van der Waals surface area contributed by atoms with Crippen LogP contribution in [-0.2, 0) is 16.0 Å². The molecule has 6 nitrogen and oxygen atoms in total. The summed E-state index contributed by atoms with van der Waals surface area (Å²) in [4.78, 5) is 36.4. The molecular weight excluding hydrogens is 284 g/mol. The Balaban J connectivity index is 1.75. The van der Waals surface area contributed by atoms with Gasteiger partial charge in [0.2, 0.25) is 5.91 Å². The molecule has 2 aliphatic rings. The van der Waals surface area contributed by atoms with Gasteiger partial charge in [-0.15, -0.1) is 0 Å². The van der Waals surface area contributed by atoms with E-state index in [4.69, 9.17) is 4.74 Å². The van der Waals surface area contributed by atoms with E-state index in [1.807, 2.05) is 13.0 Å². The molecule has 2 atom stereocenters. The second-order valence-corrected chi connectivity index (χ2v) is 5.86. The lowest BCUT2D eigenvalue weighted by atomic mass is 10.1. The summed E-state index contributed by atoms with van der Waals surface area (Å²) < 4.78 is 5.25. The van der Waals surface area contributed by atoms with Crippen LogP contribution in [0.4, 0.5) is 10.5 Å². The number of carbonyl (C=O) groups is 3. The second kappa shape index (κ2) is 5.44. The van der Waals surface area contributed by atoms with E-state index >= 15 is 0 Å². The summed E-state index contributed by atoms with van der Waals surface area (Å²) in [5, 5.41) is 2.65. The number of Topliss-reactive ketones (excluding diaryl/α,β-unsaturated/α-hetero) is 1. The van der Waals surface area contributed by atoms with E-state index in [1.165, 1.54) is 6.92 Å². The zero-order valence-corrected chi connectivity index (χ0v) is 12.6. The summed E-state index contributed by atoms with van der Waals surface area (Å²) in [7, 11) is 0. The molecule has 0 radical (unpaired) electrons. The largest absolute Gasteiger partial charge is 0.442 e. The summed E-state index contributed by atoms with van der Waals surface area (Å²) in [5.41, 5.74) is 2.46. The van der Waals surface area contributed by atoms with Crippen LogP contribution in [0.15, 0.2) is 18.2 Å². The molecule has 0 bridgehead atoms. The zero-order chi connectivity index (χ0) is 15.9. The van der Waals surface area contributed by atoms with Crippen LogP contribution in [0, 0.1) is 5.92 Å². The number of hydrogen-bond donors (Lipinski definition) is 1. The van der Waals surface area contributed by atoms with Crippen LogP contribution in [0.3, 0.4) is 0 Å². The van der Waals surface area contributed by atoms with Gasteiger partial charge >= 0.3 is 6.09 Å². The van der Waals surface area contributed by atoms with Crippen molar-refractivity contribution in [2.45, 2.75) is 26.4 Å². The van der Waals surface area contributed by atoms with Crippen molar-refractivity contribution >= 4 is 23.5 Å². The van der Waals surface area contributed by atoms with Crippen LogP contribution in [0.1, 0.15) is 29.8 Å². The number of ketones is 1. The molecule has 0 spiro atoms. The highest BCUT2D eigenvalue weighted by atomic mass is 16.6. The summed E-state index contributed by atoms with van der Waals surface area (Å²) >= 11 is 0. The number of cyclic esters (lactones) is 1. The Labute approximate surface area is 128 Å². The Morgan fingerprint density at radius 3 is 2.91 bits per heavy atom. The maximum absolute atomic E-state index is 12.0. The molecule has 0 aromatic heterocycles. The monoisotopic (exact) mass is 302 g/mol. The van der Waals surface area contributed by atoms with Crippen LogP contribution in [0.5, 0.6) is 0 Å². The molecule has 1 aliphatic carbocycles. The van der Waals surface area contributed by atoms with Gasteiger partial charge in [-0.3, -0.25) is 14.5 Å². The van der Waals surface area contributed by atoms with Gasteiger partial charge in [-0.25, -0.2) is 4.79 Å². The molecule has 0 saturated carbocycles. The molecule has 3 rings (SSSR count). The van der Waals surface area contributed by atoms with Gasteiger partial charge < -0.3 is 10.1 Å². The normalized spacial score (nSPS) is 23.5. The average Bonchev–Trinajstić information content (AvgIpc) is 2.97. The molecule has 0 unspecified atom stereocenters. The van der Waals surface area contributed by atoms with Crippen molar-refractivity contribution in [2.24, 2.45) is 5.92 Å². The Kier molecular flexibility index (Phi) is 3.60. The molecular formula is C16H18N2O4. The maximum atomic E-state index is 12.0. The molecule has 1 aromatic carbocycles. The first-order valence-corrected chi connectivity index (χ1v) is 7.35. The van der Waals surface area contributed by atoms with Gasteiger partial charge in [-0.1, -0.05) is 6.92 Å². The number of rotatable bonds is 3. The number of carbonyl (C=O) groups excluding carboxylic acids is 3. The minimum absolute atomic E-state index is 0.00305. The number of hydrogen-bond acceptors (Lipinski definition) is 4. The number of nitrogens with one attached hydrogen (secondary N) is 1. The van der Waals surface area contributed by atoms with E-state index in [-0.39, 0.29) is 23.7 Å². The van der Waals surface area contributed by atoms with E-state index in [0.29, 0.717) is 19.5 Å². The number of benzene rings is 1. The Morgan fingerprint density at radius 1 is 1.41 bits per heavy atom. The van der Waals surface area contributed by atoms with Crippen molar-refractivity contribution in [1.29, 1.82) is 0 Å². The lowest BCUT2D eigenvalue weighted by Crippen LogP contribution is -2.33. The third-order valence-corrected chi connectivity index (χ3v) is 4.09.